The molecule has 1 saturated heterocycles. The molecule has 2 heterocycles. The maximum Gasteiger partial charge on any atom is 0.239 e. The quantitative estimate of drug-likeness (QED) is 0.690. The van der Waals surface area contributed by atoms with Crippen LogP contribution in [-0.2, 0) is 4.79 Å². The van der Waals surface area contributed by atoms with Crippen LogP contribution in [0.2, 0.25) is 0 Å². The summed E-state index contributed by atoms with van der Waals surface area (Å²) in [5.74, 6) is 0.0521. The summed E-state index contributed by atoms with van der Waals surface area (Å²) in [6, 6.07) is 0. The van der Waals surface area contributed by atoms with E-state index in [-0.39, 0.29) is 5.91 Å². The van der Waals surface area contributed by atoms with Gasteiger partial charge in [0.25, 0.3) is 0 Å². The van der Waals surface area contributed by atoms with Crippen LogP contribution in [0, 0.1) is 0 Å². The average Bonchev–Trinajstić information content (AvgIpc) is 2.45. The first-order valence-corrected chi connectivity index (χ1v) is 5.30. The van der Waals surface area contributed by atoms with Gasteiger partial charge in [-0.15, -0.1) is 0 Å². The zero-order chi connectivity index (χ0) is 9.97. The highest BCUT2D eigenvalue weighted by molar-refractivity contribution is 7.19. The number of rotatable bonds is 1. The number of anilines is 2. The summed E-state index contributed by atoms with van der Waals surface area (Å²) >= 11 is 1.42. The van der Waals surface area contributed by atoms with Gasteiger partial charge in [0.15, 0.2) is 5.13 Å². The second kappa shape index (κ2) is 3.83. The van der Waals surface area contributed by atoms with Crippen molar-refractivity contribution in [3.05, 3.63) is 6.20 Å². The van der Waals surface area contributed by atoms with Crippen LogP contribution in [0.3, 0.4) is 0 Å². The molecule has 14 heavy (non-hydrogen) atoms. The number of nitrogens with two attached hydrogens (primary N) is 1. The van der Waals surface area contributed by atoms with E-state index in [2.05, 4.69) is 10.3 Å². The first-order chi connectivity index (χ1) is 6.75. The Kier molecular flexibility index (Phi) is 2.53. The molecule has 1 aromatic rings. The maximum absolute atomic E-state index is 11.3. The minimum absolute atomic E-state index is 0.0521. The monoisotopic (exact) mass is 212 g/mol. The first kappa shape index (κ1) is 9.26. The van der Waals surface area contributed by atoms with Crippen LogP contribution < -0.4 is 16.0 Å². The van der Waals surface area contributed by atoms with Crippen molar-refractivity contribution in [2.45, 2.75) is 6.42 Å². The predicted molar refractivity (Wildman–Crippen MR) is 56.4 cm³/mol. The summed E-state index contributed by atoms with van der Waals surface area (Å²) in [5.41, 5.74) is 5.59. The molecule has 76 valence electrons. The smallest absolute Gasteiger partial charge is 0.239 e. The SMILES string of the molecule is Nc1cnc(N2CCCNC(=O)C2)s1. The topological polar surface area (TPSA) is 71.2 Å². The molecule has 6 heteroatoms. The number of nitrogens with one attached hydrogen (secondary N) is 1. The van der Waals surface area contributed by atoms with Crippen LogP contribution in [0.25, 0.3) is 0 Å². The minimum atomic E-state index is 0.0521. The van der Waals surface area contributed by atoms with Crippen LogP contribution >= 0.6 is 11.3 Å². The van der Waals surface area contributed by atoms with E-state index in [4.69, 9.17) is 5.73 Å². The van der Waals surface area contributed by atoms with Gasteiger partial charge in [-0.1, -0.05) is 11.3 Å². The lowest BCUT2D eigenvalue weighted by Gasteiger charge is -2.16. The van der Waals surface area contributed by atoms with Crippen molar-refractivity contribution in [2.24, 2.45) is 0 Å². The number of nitrogen functional groups attached to an aromatic ring is 1. The summed E-state index contributed by atoms with van der Waals surface area (Å²) < 4.78 is 0. The molecule has 0 atom stereocenters. The molecule has 0 aromatic carbocycles. The normalized spacial score (nSPS) is 17.7. The maximum atomic E-state index is 11.3. The highest BCUT2D eigenvalue weighted by Crippen LogP contribution is 2.24. The highest BCUT2D eigenvalue weighted by Gasteiger charge is 2.16. The molecule has 0 spiro atoms. The molecule has 0 unspecified atom stereocenters. The molecular formula is C8H12N4OS. The average molecular weight is 212 g/mol. The van der Waals surface area contributed by atoms with Crippen molar-refractivity contribution in [3.8, 4) is 0 Å². The Morgan fingerprint density at radius 1 is 1.64 bits per heavy atom. The third-order valence-electron chi connectivity index (χ3n) is 2.04. The van der Waals surface area contributed by atoms with Gasteiger partial charge in [-0.2, -0.15) is 0 Å². The van der Waals surface area contributed by atoms with Crippen LogP contribution in [0.5, 0.6) is 0 Å². The Morgan fingerprint density at radius 3 is 3.21 bits per heavy atom. The predicted octanol–water partition coefficient (Wildman–Crippen LogP) is 0.0516. The highest BCUT2D eigenvalue weighted by atomic mass is 32.1. The van der Waals surface area contributed by atoms with Gasteiger partial charge >= 0.3 is 0 Å². The van der Waals surface area contributed by atoms with Gasteiger partial charge in [-0.05, 0) is 6.42 Å². The lowest BCUT2D eigenvalue weighted by Crippen LogP contribution is -2.32. The number of thiazole rings is 1. The summed E-state index contributed by atoms with van der Waals surface area (Å²) in [6.45, 7) is 1.98. The Hall–Kier alpha value is -1.30. The molecule has 1 aromatic heterocycles. The fraction of sp³-hybridized carbons (Fsp3) is 0.500. The fourth-order valence-electron chi connectivity index (χ4n) is 1.39. The molecule has 1 fully saturated rings. The number of carbonyl (C=O) groups is 1. The van der Waals surface area contributed by atoms with Gasteiger partial charge in [0.2, 0.25) is 5.91 Å². The van der Waals surface area contributed by atoms with Gasteiger partial charge in [0, 0.05) is 13.1 Å². The molecule has 0 saturated carbocycles. The van der Waals surface area contributed by atoms with E-state index in [0.29, 0.717) is 11.5 Å². The van der Waals surface area contributed by atoms with E-state index in [1.54, 1.807) is 6.20 Å². The zero-order valence-corrected chi connectivity index (χ0v) is 8.51. The Balaban J connectivity index is 2.12. The van der Waals surface area contributed by atoms with Gasteiger partial charge in [0.05, 0.1) is 12.7 Å². The van der Waals surface area contributed by atoms with Crippen molar-refractivity contribution in [2.75, 3.05) is 30.3 Å². The van der Waals surface area contributed by atoms with E-state index in [0.717, 1.165) is 24.6 Å². The van der Waals surface area contributed by atoms with Gasteiger partial charge in [-0.25, -0.2) is 4.98 Å². The van der Waals surface area contributed by atoms with Crippen molar-refractivity contribution in [1.29, 1.82) is 0 Å². The summed E-state index contributed by atoms with van der Waals surface area (Å²) in [4.78, 5) is 17.4. The van der Waals surface area contributed by atoms with Crippen molar-refractivity contribution in [3.63, 3.8) is 0 Å². The molecule has 5 nitrogen and oxygen atoms in total. The van der Waals surface area contributed by atoms with Gasteiger partial charge < -0.3 is 16.0 Å². The molecular weight excluding hydrogens is 200 g/mol. The summed E-state index contributed by atoms with van der Waals surface area (Å²) in [5, 5.41) is 4.33. The molecule has 0 aliphatic carbocycles. The van der Waals surface area contributed by atoms with E-state index in [1.807, 2.05) is 4.90 Å². The Labute approximate surface area is 85.9 Å². The van der Waals surface area contributed by atoms with E-state index in [1.165, 1.54) is 11.3 Å². The lowest BCUT2D eigenvalue weighted by atomic mass is 10.4. The second-order valence-corrected chi connectivity index (χ2v) is 4.21. The molecule has 3 N–H and O–H groups in total. The van der Waals surface area contributed by atoms with Crippen molar-refractivity contribution >= 4 is 27.4 Å². The Morgan fingerprint density at radius 2 is 2.50 bits per heavy atom. The van der Waals surface area contributed by atoms with Crippen LogP contribution in [0.4, 0.5) is 10.1 Å². The minimum Gasteiger partial charge on any atom is -0.389 e. The standard InChI is InChI=1S/C8H12N4OS/c9-6-4-11-8(14-6)12-3-1-2-10-7(13)5-12/h4H,1-3,5,9H2,(H,10,13). The number of carbonyl (C=O) groups excluding carboxylic acids is 1. The molecule has 1 aliphatic heterocycles. The van der Waals surface area contributed by atoms with Crippen LogP contribution in [0.15, 0.2) is 6.20 Å². The number of nitrogens with zero attached hydrogens (tertiary/aromatic N) is 2. The lowest BCUT2D eigenvalue weighted by molar-refractivity contribution is -0.119. The molecule has 2 rings (SSSR count). The van der Waals surface area contributed by atoms with E-state index in [9.17, 15) is 4.79 Å². The third-order valence-corrected chi connectivity index (χ3v) is 2.93. The number of amides is 1. The summed E-state index contributed by atoms with van der Waals surface area (Å²) in [6.07, 6.45) is 2.58. The molecule has 0 radical (unpaired) electrons. The van der Waals surface area contributed by atoms with Crippen molar-refractivity contribution < 1.29 is 4.79 Å². The molecule has 1 amide bonds. The van der Waals surface area contributed by atoms with Crippen LogP contribution in [0.1, 0.15) is 6.42 Å². The summed E-state index contributed by atoms with van der Waals surface area (Å²) in [7, 11) is 0. The second-order valence-electron chi connectivity index (χ2n) is 3.17. The third kappa shape index (κ3) is 1.95. The van der Waals surface area contributed by atoms with Crippen LogP contribution in [-0.4, -0.2) is 30.5 Å². The first-order valence-electron chi connectivity index (χ1n) is 4.48. The van der Waals surface area contributed by atoms with E-state index < -0.39 is 0 Å². The Bertz CT molecular complexity index is 338. The molecule has 0 bridgehead atoms. The zero-order valence-electron chi connectivity index (χ0n) is 7.69. The number of hydrogen-bond acceptors (Lipinski definition) is 5. The van der Waals surface area contributed by atoms with Gasteiger partial charge in [0.1, 0.15) is 5.00 Å². The molecule has 1 aliphatic rings. The van der Waals surface area contributed by atoms with Gasteiger partial charge in [-0.3, -0.25) is 4.79 Å². The number of aromatic nitrogens is 1. The fourth-order valence-corrected chi connectivity index (χ4v) is 2.10. The number of hydrogen-bond donors (Lipinski definition) is 2. The largest absolute Gasteiger partial charge is 0.389 e. The van der Waals surface area contributed by atoms with E-state index >= 15 is 0 Å². The van der Waals surface area contributed by atoms with Crippen molar-refractivity contribution in [1.82, 2.24) is 10.3 Å².